The molecular formula is C32H36O6. The number of carbonyl (C=O) groups excluding carboxylic acids is 1. The van der Waals surface area contributed by atoms with Gasteiger partial charge in [0.05, 0.1) is 33.0 Å². The monoisotopic (exact) mass is 516 g/mol. The molecule has 3 rings (SSSR count). The molecule has 0 saturated heterocycles. The smallest absolute Gasteiger partial charge is 0.335 e. The van der Waals surface area contributed by atoms with E-state index < -0.39 is 36.3 Å². The van der Waals surface area contributed by atoms with Crippen molar-refractivity contribution in [1.29, 1.82) is 0 Å². The fourth-order valence-electron chi connectivity index (χ4n) is 4.12. The molecule has 3 aromatic rings. The van der Waals surface area contributed by atoms with E-state index in [0.29, 0.717) is 6.61 Å². The number of benzene rings is 3. The van der Waals surface area contributed by atoms with Crippen LogP contribution in [0.3, 0.4) is 0 Å². The van der Waals surface area contributed by atoms with Crippen molar-refractivity contribution in [2.75, 3.05) is 7.11 Å². The lowest BCUT2D eigenvalue weighted by molar-refractivity contribution is -0.173. The molecule has 0 aliphatic carbocycles. The fourth-order valence-corrected chi connectivity index (χ4v) is 4.12. The van der Waals surface area contributed by atoms with Gasteiger partial charge < -0.3 is 24.1 Å². The molecule has 0 aliphatic rings. The number of aliphatic hydroxyl groups excluding tert-OH is 1. The molecule has 6 heteroatoms. The number of carbonyl (C=O) groups is 1. The Bertz CT molecular complexity index is 1100. The van der Waals surface area contributed by atoms with Crippen LogP contribution in [0.1, 0.15) is 16.7 Å². The second kappa shape index (κ2) is 15.6. The molecule has 0 aliphatic heterocycles. The van der Waals surface area contributed by atoms with Gasteiger partial charge in [-0.3, -0.25) is 0 Å². The van der Waals surface area contributed by atoms with E-state index in [1.807, 2.05) is 91.0 Å². The van der Waals surface area contributed by atoms with Crippen molar-refractivity contribution in [2.45, 2.75) is 44.2 Å². The average Bonchev–Trinajstić information content (AvgIpc) is 2.98. The SMILES string of the molecule is C=C[C@H](OCc1ccccc1)[C@@H](OCc1ccccc1)[C@H](OCc1ccccc1)[C@H](C=C)C(O)C(=O)OC. The molecule has 0 amide bonds. The van der Waals surface area contributed by atoms with Crippen molar-refractivity contribution in [3.63, 3.8) is 0 Å². The molecule has 38 heavy (non-hydrogen) atoms. The Balaban J connectivity index is 1.94. The maximum absolute atomic E-state index is 12.4. The topological polar surface area (TPSA) is 74.2 Å². The Morgan fingerprint density at radius 2 is 1.13 bits per heavy atom. The van der Waals surface area contributed by atoms with Crippen LogP contribution in [-0.4, -0.2) is 42.6 Å². The summed E-state index contributed by atoms with van der Waals surface area (Å²) >= 11 is 0. The predicted molar refractivity (Wildman–Crippen MR) is 147 cm³/mol. The highest BCUT2D eigenvalue weighted by molar-refractivity contribution is 5.75. The molecule has 5 atom stereocenters. The van der Waals surface area contributed by atoms with Crippen LogP contribution in [0.4, 0.5) is 0 Å². The summed E-state index contributed by atoms with van der Waals surface area (Å²) in [5.74, 6) is -1.64. The molecular weight excluding hydrogens is 480 g/mol. The number of rotatable bonds is 16. The van der Waals surface area contributed by atoms with Crippen LogP contribution in [0.2, 0.25) is 0 Å². The molecule has 0 saturated carbocycles. The summed E-state index contributed by atoms with van der Waals surface area (Å²) in [7, 11) is 1.23. The van der Waals surface area contributed by atoms with Gasteiger partial charge in [-0.05, 0) is 16.7 Å². The lowest BCUT2D eigenvalue weighted by Crippen LogP contribution is -2.50. The first-order valence-corrected chi connectivity index (χ1v) is 12.5. The molecule has 0 bridgehead atoms. The molecule has 0 aromatic heterocycles. The molecule has 1 unspecified atom stereocenters. The third-order valence-electron chi connectivity index (χ3n) is 6.19. The van der Waals surface area contributed by atoms with E-state index in [9.17, 15) is 9.90 Å². The Morgan fingerprint density at radius 3 is 1.53 bits per heavy atom. The van der Waals surface area contributed by atoms with Gasteiger partial charge in [-0.2, -0.15) is 0 Å². The number of hydrogen-bond acceptors (Lipinski definition) is 6. The van der Waals surface area contributed by atoms with Crippen molar-refractivity contribution in [1.82, 2.24) is 0 Å². The predicted octanol–water partition coefficient (Wildman–Crippen LogP) is 5.26. The van der Waals surface area contributed by atoms with Crippen molar-refractivity contribution in [3.05, 3.63) is 133 Å². The number of aliphatic hydroxyl groups is 1. The van der Waals surface area contributed by atoms with Gasteiger partial charge in [0.1, 0.15) is 12.2 Å². The Hall–Kier alpha value is -3.55. The van der Waals surface area contributed by atoms with E-state index >= 15 is 0 Å². The van der Waals surface area contributed by atoms with E-state index in [1.165, 1.54) is 13.2 Å². The van der Waals surface area contributed by atoms with Crippen molar-refractivity contribution in [2.24, 2.45) is 5.92 Å². The quantitative estimate of drug-likeness (QED) is 0.207. The molecule has 0 fully saturated rings. The minimum atomic E-state index is -1.51. The van der Waals surface area contributed by atoms with Gasteiger partial charge >= 0.3 is 5.97 Å². The summed E-state index contributed by atoms with van der Waals surface area (Å²) in [5, 5.41) is 10.9. The van der Waals surface area contributed by atoms with Crippen LogP contribution in [-0.2, 0) is 43.6 Å². The van der Waals surface area contributed by atoms with E-state index in [1.54, 1.807) is 6.08 Å². The highest BCUT2D eigenvalue weighted by atomic mass is 16.6. The first kappa shape index (κ1) is 29.0. The summed E-state index contributed by atoms with van der Waals surface area (Å²) in [6.45, 7) is 8.66. The molecule has 0 spiro atoms. The van der Waals surface area contributed by atoms with Crippen LogP contribution in [0.5, 0.6) is 0 Å². The second-order valence-corrected chi connectivity index (χ2v) is 8.80. The average molecular weight is 517 g/mol. The Kier molecular flexibility index (Phi) is 11.9. The van der Waals surface area contributed by atoms with E-state index in [2.05, 4.69) is 13.2 Å². The van der Waals surface area contributed by atoms with Gasteiger partial charge in [0.2, 0.25) is 0 Å². The highest BCUT2D eigenvalue weighted by Gasteiger charge is 2.41. The van der Waals surface area contributed by atoms with Crippen molar-refractivity contribution >= 4 is 5.97 Å². The van der Waals surface area contributed by atoms with Gasteiger partial charge in [0, 0.05) is 5.92 Å². The summed E-state index contributed by atoms with van der Waals surface area (Å²) in [4.78, 5) is 12.4. The van der Waals surface area contributed by atoms with Crippen LogP contribution >= 0.6 is 0 Å². The third kappa shape index (κ3) is 8.50. The first-order chi connectivity index (χ1) is 18.6. The zero-order valence-corrected chi connectivity index (χ0v) is 21.7. The van der Waals surface area contributed by atoms with Crippen LogP contribution in [0.15, 0.2) is 116 Å². The molecule has 6 nitrogen and oxygen atoms in total. The minimum Gasteiger partial charge on any atom is -0.467 e. The summed E-state index contributed by atoms with van der Waals surface area (Å²) in [5.41, 5.74) is 2.86. The Labute approximate surface area is 225 Å². The maximum atomic E-state index is 12.4. The Morgan fingerprint density at radius 1 is 0.711 bits per heavy atom. The fraction of sp³-hybridized carbons (Fsp3) is 0.281. The lowest BCUT2D eigenvalue weighted by atomic mass is 9.89. The molecule has 3 aromatic carbocycles. The minimum absolute atomic E-state index is 0.220. The number of esters is 1. The molecule has 0 radical (unpaired) electrons. The summed E-state index contributed by atoms with van der Waals surface area (Å²) in [6.07, 6.45) is -0.574. The first-order valence-electron chi connectivity index (χ1n) is 12.5. The molecule has 0 heterocycles. The molecule has 200 valence electrons. The van der Waals surface area contributed by atoms with E-state index in [4.69, 9.17) is 18.9 Å². The van der Waals surface area contributed by atoms with Crippen molar-refractivity contribution < 1.29 is 28.8 Å². The number of methoxy groups -OCH3 is 1. The van der Waals surface area contributed by atoms with E-state index in [-0.39, 0.29) is 13.2 Å². The largest absolute Gasteiger partial charge is 0.467 e. The zero-order chi connectivity index (χ0) is 27.2. The van der Waals surface area contributed by atoms with Gasteiger partial charge in [-0.15, -0.1) is 13.2 Å². The third-order valence-corrected chi connectivity index (χ3v) is 6.19. The zero-order valence-electron chi connectivity index (χ0n) is 21.7. The number of hydrogen-bond donors (Lipinski definition) is 1. The van der Waals surface area contributed by atoms with Gasteiger partial charge in [0.15, 0.2) is 6.10 Å². The van der Waals surface area contributed by atoms with Gasteiger partial charge in [-0.1, -0.05) is 103 Å². The van der Waals surface area contributed by atoms with Crippen LogP contribution < -0.4 is 0 Å². The van der Waals surface area contributed by atoms with Crippen LogP contribution in [0, 0.1) is 5.92 Å². The van der Waals surface area contributed by atoms with Crippen molar-refractivity contribution in [3.8, 4) is 0 Å². The standard InChI is InChI=1S/C32H36O6/c1-4-27(29(33)32(34)35-3)30(37-22-25-17-11-7-12-18-25)31(38-23-26-19-13-8-14-20-26)28(5-2)36-21-24-15-9-6-10-16-24/h4-20,27-31,33H,1-2,21-23H2,3H3/t27-,28+,29?,30-,31-/m1/s1. The van der Waals surface area contributed by atoms with Gasteiger partial charge in [0.25, 0.3) is 0 Å². The summed E-state index contributed by atoms with van der Waals surface area (Å²) in [6, 6.07) is 29.1. The lowest BCUT2D eigenvalue weighted by Gasteiger charge is -2.37. The maximum Gasteiger partial charge on any atom is 0.335 e. The second-order valence-electron chi connectivity index (χ2n) is 8.80. The normalized spacial score (nSPS) is 15.0. The number of ether oxygens (including phenoxy) is 4. The summed E-state index contributed by atoms with van der Waals surface area (Å²) < 4.78 is 23.9. The molecule has 1 N–H and O–H groups in total. The van der Waals surface area contributed by atoms with Crippen LogP contribution in [0.25, 0.3) is 0 Å². The van der Waals surface area contributed by atoms with E-state index in [0.717, 1.165) is 16.7 Å². The van der Waals surface area contributed by atoms with Gasteiger partial charge in [-0.25, -0.2) is 4.79 Å². The highest BCUT2D eigenvalue weighted by Crippen LogP contribution is 2.27.